The van der Waals surface area contributed by atoms with Gasteiger partial charge in [0.15, 0.2) is 5.82 Å². The molecule has 4 amide bonds. The van der Waals surface area contributed by atoms with Crippen LogP contribution in [0.5, 0.6) is 5.75 Å². The molecule has 0 radical (unpaired) electrons. The first-order valence-electron chi connectivity index (χ1n) is 17.2. The van der Waals surface area contributed by atoms with Crippen molar-refractivity contribution in [3.8, 4) is 5.75 Å². The molecule has 13 nitrogen and oxygen atoms in total. The number of amides is 4. The van der Waals surface area contributed by atoms with Gasteiger partial charge >= 0.3 is 0 Å². The van der Waals surface area contributed by atoms with Crippen molar-refractivity contribution in [3.05, 3.63) is 77.0 Å². The minimum Gasteiger partial charge on any atom is -0.497 e. The van der Waals surface area contributed by atoms with E-state index in [4.69, 9.17) is 4.74 Å². The van der Waals surface area contributed by atoms with Crippen molar-refractivity contribution >= 4 is 34.5 Å². The highest BCUT2D eigenvalue weighted by atomic mass is 16.5. The lowest BCUT2D eigenvalue weighted by molar-refractivity contribution is -0.129. The molecule has 0 spiro atoms. The van der Waals surface area contributed by atoms with Crippen LogP contribution in [-0.2, 0) is 34.4 Å². The zero-order chi connectivity index (χ0) is 35.9. The van der Waals surface area contributed by atoms with E-state index in [9.17, 15) is 19.2 Å². The number of nitrogens with one attached hydrogen (secondary N) is 3. The molecule has 4 aromatic rings. The molecule has 2 aromatic carbocycles. The topological polar surface area (TPSA) is 152 Å². The first-order chi connectivity index (χ1) is 24.0. The fourth-order valence-electron chi connectivity index (χ4n) is 6.47. The van der Waals surface area contributed by atoms with Gasteiger partial charge in [-0.2, -0.15) is 5.10 Å². The van der Waals surface area contributed by atoms with E-state index in [1.54, 1.807) is 18.9 Å². The summed E-state index contributed by atoms with van der Waals surface area (Å²) in [7, 11) is 3.52. The van der Waals surface area contributed by atoms with Gasteiger partial charge in [0, 0.05) is 56.1 Å². The SMILES string of the molecule is COc1ccc2c(c1)c(C(=O)N1CCCNC(=O)Cn3nc(C)nc3[C@H](C(C)C)NC(=O)[C@@H](Cc3ccccc3)NC(=O)CCC1)c(C)n2C. The molecule has 0 saturated heterocycles. The normalized spacial score (nSPS) is 18.5. The molecule has 0 saturated carbocycles. The maximum absolute atomic E-state index is 14.3. The first-order valence-corrected chi connectivity index (χ1v) is 17.2. The van der Waals surface area contributed by atoms with Crippen molar-refractivity contribution in [2.24, 2.45) is 13.0 Å². The van der Waals surface area contributed by atoms with E-state index in [0.29, 0.717) is 55.4 Å². The van der Waals surface area contributed by atoms with Gasteiger partial charge in [0.05, 0.1) is 18.7 Å². The van der Waals surface area contributed by atoms with Crippen molar-refractivity contribution < 1.29 is 23.9 Å². The van der Waals surface area contributed by atoms with Crippen LogP contribution in [0, 0.1) is 19.8 Å². The van der Waals surface area contributed by atoms with Crippen LogP contribution in [0.2, 0.25) is 0 Å². The Bertz CT molecular complexity index is 1850. The third-order valence-electron chi connectivity index (χ3n) is 9.24. The van der Waals surface area contributed by atoms with Crippen molar-refractivity contribution in [2.45, 2.75) is 72.0 Å². The molecule has 266 valence electrons. The molecule has 5 rings (SSSR count). The molecule has 0 fully saturated rings. The number of methoxy groups -OCH3 is 1. The zero-order valence-corrected chi connectivity index (χ0v) is 29.8. The number of carbonyl (C=O) groups excluding carboxylic acids is 4. The van der Waals surface area contributed by atoms with Crippen molar-refractivity contribution in [1.82, 2.24) is 40.2 Å². The van der Waals surface area contributed by atoms with E-state index < -0.39 is 12.1 Å². The molecule has 3 heterocycles. The Labute approximate surface area is 292 Å². The van der Waals surface area contributed by atoms with Crippen LogP contribution in [-0.4, -0.2) is 80.6 Å². The molecular formula is C37H48N8O5. The number of fused-ring (bicyclic) bond motifs is 2. The molecule has 1 aliphatic rings. The van der Waals surface area contributed by atoms with Gasteiger partial charge in [-0.3, -0.25) is 19.2 Å². The van der Waals surface area contributed by atoms with Crippen LogP contribution < -0.4 is 20.7 Å². The third-order valence-corrected chi connectivity index (χ3v) is 9.24. The molecule has 0 bridgehead atoms. The average molecular weight is 685 g/mol. The van der Waals surface area contributed by atoms with Crippen molar-refractivity contribution in [1.29, 1.82) is 0 Å². The summed E-state index contributed by atoms with van der Waals surface area (Å²) in [6.45, 7) is 8.50. The first kappa shape index (κ1) is 36.1. The average Bonchev–Trinajstić information content (AvgIpc) is 3.57. The minimum absolute atomic E-state index is 0.0842. The maximum Gasteiger partial charge on any atom is 0.256 e. The van der Waals surface area contributed by atoms with E-state index in [1.807, 2.05) is 80.9 Å². The highest BCUT2D eigenvalue weighted by molar-refractivity contribution is 6.08. The monoisotopic (exact) mass is 684 g/mol. The maximum atomic E-state index is 14.3. The molecular weight excluding hydrogens is 636 g/mol. The number of aromatic nitrogens is 4. The number of carbonyl (C=O) groups is 4. The summed E-state index contributed by atoms with van der Waals surface area (Å²) >= 11 is 0. The Morgan fingerprint density at radius 1 is 1.00 bits per heavy atom. The Kier molecular flexibility index (Phi) is 11.6. The number of hydrogen-bond donors (Lipinski definition) is 3. The molecule has 2 atom stereocenters. The smallest absolute Gasteiger partial charge is 0.256 e. The second-order valence-corrected chi connectivity index (χ2v) is 13.2. The molecule has 1 aliphatic heterocycles. The largest absolute Gasteiger partial charge is 0.497 e. The van der Waals surface area contributed by atoms with E-state index >= 15 is 0 Å². The third kappa shape index (κ3) is 8.32. The quantitative estimate of drug-likeness (QED) is 0.292. The Morgan fingerprint density at radius 3 is 2.46 bits per heavy atom. The second kappa shape index (κ2) is 16.0. The van der Waals surface area contributed by atoms with Gasteiger partial charge in [-0.15, -0.1) is 0 Å². The summed E-state index contributed by atoms with van der Waals surface area (Å²) in [5.41, 5.74) is 3.19. The van der Waals surface area contributed by atoms with Crippen LogP contribution in [0.15, 0.2) is 48.5 Å². The van der Waals surface area contributed by atoms with Gasteiger partial charge in [-0.25, -0.2) is 9.67 Å². The van der Waals surface area contributed by atoms with Crippen molar-refractivity contribution in [3.63, 3.8) is 0 Å². The van der Waals surface area contributed by atoms with E-state index in [1.165, 1.54) is 4.68 Å². The second-order valence-electron chi connectivity index (χ2n) is 13.2. The summed E-state index contributed by atoms with van der Waals surface area (Å²) in [5.74, 6) is 0.439. The van der Waals surface area contributed by atoms with Gasteiger partial charge in [0.25, 0.3) is 5.91 Å². The zero-order valence-electron chi connectivity index (χ0n) is 29.8. The number of aryl methyl sites for hydroxylation is 2. The van der Waals surface area contributed by atoms with Gasteiger partial charge in [-0.1, -0.05) is 44.2 Å². The highest BCUT2D eigenvalue weighted by Crippen LogP contribution is 2.30. The van der Waals surface area contributed by atoms with Crippen LogP contribution in [0.3, 0.4) is 0 Å². The molecule has 2 aromatic heterocycles. The summed E-state index contributed by atoms with van der Waals surface area (Å²) in [4.78, 5) is 61.1. The van der Waals surface area contributed by atoms with Gasteiger partial charge < -0.3 is 30.2 Å². The van der Waals surface area contributed by atoms with E-state index in [-0.39, 0.29) is 48.9 Å². The van der Waals surface area contributed by atoms with E-state index in [0.717, 1.165) is 22.2 Å². The highest BCUT2D eigenvalue weighted by Gasteiger charge is 2.30. The summed E-state index contributed by atoms with van der Waals surface area (Å²) < 4.78 is 8.97. The summed E-state index contributed by atoms with van der Waals surface area (Å²) in [6.07, 6.45) is 1.28. The summed E-state index contributed by atoms with van der Waals surface area (Å²) in [5, 5.41) is 14.3. The molecule has 0 unspecified atom stereocenters. The van der Waals surface area contributed by atoms with Crippen LogP contribution in [0.1, 0.15) is 72.4 Å². The summed E-state index contributed by atoms with van der Waals surface area (Å²) in [6, 6.07) is 13.8. The van der Waals surface area contributed by atoms with E-state index in [2.05, 4.69) is 26.0 Å². The predicted molar refractivity (Wildman–Crippen MR) is 190 cm³/mol. The predicted octanol–water partition coefficient (Wildman–Crippen LogP) is 3.38. The van der Waals surface area contributed by atoms with Gasteiger partial charge in [0.1, 0.15) is 24.2 Å². The molecule has 13 heteroatoms. The number of ether oxygens (including phenoxy) is 1. The molecule has 50 heavy (non-hydrogen) atoms. The number of benzene rings is 2. The molecule has 3 N–H and O–H groups in total. The van der Waals surface area contributed by atoms with Crippen LogP contribution >= 0.6 is 0 Å². The lowest BCUT2D eigenvalue weighted by Gasteiger charge is -2.26. The number of nitrogens with zero attached hydrogens (tertiary/aromatic N) is 5. The standard InChI is InChI=1S/C37H48N8O5/c1-23(2)34-35-39-25(4)42-45(35)22-32(47)38-17-11-19-44(37(49)33-24(3)43(5)30-16-15-27(50-6)21-28(30)33)18-10-14-31(46)40-29(36(48)41-34)20-26-12-8-7-9-13-26/h7-9,12-13,15-16,21,23,29,34H,10-11,14,17-20,22H2,1-6H3,(H,38,47)(H,40,46)(H,41,48)/t29-,34+/m1/s1. The number of rotatable bonds is 5. The Balaban J connectivity index is 1.44. The van der Waals surface area contributed by atoms with Gasteiger partial charge in [-0.05, 0) is 56.4 Å². The minimum atomic E-state index is -0.864. The number of hydrogen-bond acceptors (Lipinski definition) is 7. The fourth-order valence-corrected chi connectivity index (χ4v) is 6.47. The van der Waals surface area contributed by atoms with Gasteiger partial charge in [0.2, 0.25) is 17.7 Å². The van der Waals surface area contributed by atoms with Crippen LogP contribution in [0.4, 0.5) is 0 Å². The Morgan fingerprint density at radius 2 is 1.74 bits per heavy atom. The Hall–Kier alpha value is -5.20. The lowest BCUT2D eigenvalue weighted by Crippen LogP contribution is -2.50. The fraction of sp³-hybridized carbons (Fsp3) is 0.459. The van der Waals surface area contributed by atoms with Crippen LogP contribution in [0.25, 0.3) is 10.9 Å². The molecule has 0 aliphatic carbocycles. The van der Waals surface area contributed by atoms with Crippen molar-refractivity contribution in [2.75, 3.05) is 26.7 Å². The lowest BCUT2D eigenvalue weighted by atomic mass is 10.0.